The Balaban J connectivity index is 1.63. The lowest BCUT2D eigenvalue weighted by molar-refractivity contribution is 0.299. The average Bonchev–Trinajstić information content (AvgIpc) is 3.42. The van der Waals surface area contributed by atoms with Gasteiger partial charge in [0.2, 0.25) is 0 Å². The predicted octanol–water partition coefficient (Wildman–Crippen LogP) is 3.37. The van der Waals surface area contributed by atoms with E-state index in [2.05, 4.69) is 52.9 Å². The molecule has 0 bridgehead atoms. The molecule has 1 fully saturated rings. The summed E-state index contributed by atoms with van der Waals surface area (Å²) in [6, 6.07) is 17.0. The molecule has 1 atom stereocenters. The first-order chi connectivity index (χ1) is 12.3. The molecule has 1 unspecified atom stereocenters. The van der Waals surface area contributed by atoms with Crippen LogP contribution < -0.4 is 15.2 Å². The molecule has 1 aliphatic heterocycles. The Labute approximate surface area is 148 Å². The summed E-state index contributed by atoms with van der Waals surface area (Å²) in [4.78, 5) is 0. The van der Waals surface area contributed by atoms with Gasteiger partial charge >= 0.3 is 0 Å². The molecule has 4 nitrogen and oxygen atoms in total. The van der Waals surface area contributed by atoms with Gasteiger partial charge in [-0.2, -0.15) is 0 Å². The molecule has 1 heterocycles. The Morgan fingerprint density at radius 2 is 1.80 bits per heavy atom. The molecule has 2 aromatic carbocycles. The molecule has 4 heteroatoms. The topological polar surface area (TPSA) is 44.7 Å². The third kappa shape index (κ3) is 3.41. The molecule has 25 heavy (non-hydrogen) atoms. The van der Waals surface area contributed by atoms with Crippen LogP contribution in [0, 0.1) is 5.92 Å². The van der Waals surface area contributed by atoms with Gasteiger partial charge in [0.05, 0.1) is 18.5 Å². The molecular formula is C21H24N2O2. The molecule has 130 valence electrons. The van der Waals surface area contributed by atoms with Crippen LogP contribution in [-0.4, -0.2) is 24.9 Å². The Morgan fingerprint density at radius 1 is 1.08 bits per heavy atom. The van der Waals surface area contributed by atoms with E-state index in [4.69, 9.17) is 9.84 Å². The lowest BCUT2D eigenvalue weighted by Crippen LogP contribution is -2.37. The smallest absolute Gasteiger partial charge is 0.119 e. The van der Waals surface area contributed by atoms with E-state index in [1.54, 1.807) is 7.11 Å². The minimum atomic E-state index is 0.186. The zero-order valence-electron chi connectivity index (χ0n) is 14.5. The molecule has 2 N–H and O–H groups in total. The fourth-order valence-corrected chi connectivity index (χ4v) is 3.34. The van der Waals surface area contributed by atoms with Gasteiger partial charge < -0.3 is 9.84 Å². The highest BCUT2D eigenvalue weighted by molar-refractivity contribution is 5.81. The summed E-state index contributed by atoms with van der Waals surface area (Å²) in [7, 11) is 1.69. The summed E-state index contributed by atoms with van der Waals surface area (Å²) in [5, 5.41) is 11.3. The number of rotatable bonds is 6. The summed E-state index contributed by atoms with van der Waals surface area (Å²) >= 11 is 0. The molecule has 2 aromatic rings. The van der Waals surface area contributed by atoms with E-state index >= 15 is 0 Å². The third-order valence-corrected chi connectivity index (χ3v) is 4.97. The minimum Gasteiger partial charge on any atom is -0.497 e. The van der Waals surface area contributed by atoms with Gasteiger partial charge in [0.1, 0.15) is 5.75 Å². The van der Waals surface area contributed by atoms with Crippen LogP contribution in [0.2, 0.25) is 0 Å². The van der Waals surface area contributed by atoms with Crippen LogP contribution in [-0.2, 0) is 6.42 Å². The number of ether oxygens (including phenoxy) is 1. The van der Waals surface area contributed by atoms with Gasteiger partial charge in [-0.15, -0.1) is 0 Å². The van der Waals surface area contributed by atoms with Crippen LogP contribution in [0.15, 0.2) is 54.6 Å². The molecule has 1 saturated carbocycles. The van der Waals surface area contributed by atoms with Gasteiger partial charge in [-0.1, -0.05) is 24.3 Å². The number of hydrazine groups is 1. The Bertz CT molecular complexity index is 748. The molecule has 4 rings (SSSR count). The van der Waals surface area contributed by atoms with Gasteiger partial charge in [0.25, 0.3) is 0 Å². The summed E-state index contributed by atoms with van der Waals surface area (Å²) < 4.78 is 5.27. The second kappa shape index (κ2) is 6.90. The van der Waals surface area contributed by atoms with Crippen molar-refractivity contribution in [2.75, 3.05) is 18.7 Å². The molecular weight excluding hydrogens is 312 g/mol. The van der Waals surface area contributed by atoms with Crippen molar-refractivity contribution < 1.29 is 9.84 Å². The largest absolute Gasteiger partial charge is 0.497 e. The zero-order valence-corrected chi connectivity index (χ0v) is 14.5. The van der Waals surface area contributed by atoms with Crippen LogP contribution >= 0.6 is 0 Å². The van der Waals surface area contributed by atoms with Crippen molar-refractivity contribution in [3.8, 4) is 5.75 Å². The fraction of sp³-hybridized carbons (Fsp3) is 0.333. The van der Waals surface area contributed by atoms with Crippen molar-refractivity contribution in [3.63, 3.8) is 0 Å². The Morgan fingerprint density at radius 3 is 2.40 bits per heavy atom. The zero-order chi connectivity index (χ0) is 17.2. The molecule has 1 aliphatic carbocycles. The monoisotopic (exact) mass is 336 g/mol. The number of nitrogens with one attached hydrogen (secondary N) is 1. The molecule has 0 aromatic heterocycles. The normalized spacial score (nSPS) is 19.8. The average molecular weight is 336 g/mol. The SMILES string of the molecule is COc1ccc(N2NC(C3CC3)C=C2c2ccc(CCO)cc2)cc1. The number of aliphatic hydroxyl groups excluding tert-OH is 1. The van der Waals surface area contributed by atoms with Crippen LogP contribution in [0.4, 0.5) is 5.69 Å². The number of hydrogen-bond acceptors (Lipinski definition) is 4. The van der Waals surface area contributed by atoms with Crippen LogP contribution in [0.1, 0.15) is 24.0 Å². The van der Waals surface area contributed by atoms with Crippen LogP contribution in [0.3, 0.4) is 0 Å². The maximum atomic E-state index is 9.10. The summed E-state index contributed by atoms with van der Waals surface area (Å²) in [6.07, 6.45) is 5.65. The van der Waals surface area contributed by atoms with Crippen molar-refractivity contribution in [1.29, 1.82) is 0 Å². The van der Waals surface area contributed by atoms with E-state index in [1.807, 2.05) is 12.1 Å². The first-order valence-corrected chi connectivity index (χ1v) is 8.91. The van der Waals surface area contributed by atoms with Crippen LogP contribution in [0.5, 0.6) is 5.75 Å². The van der Waals surface area contributed by atoms with Crippen molar-refractivity contribution in [3.05, 3.63) is 65.7 Å². The van der Waals surface area contributed by atoms with Crippen molar-refractivity contribution in [2.24, 2.45) is 5.92 Å². The third-order valence-electron chi connectivity index (χ3n) is 4.97. The second-order valence-corrected chi connectivity index (χ2v) is 6.75. The van der Waals surface area contributed by atoms with E-state index in [0.717, 1.165) is 22.9 Å². The quantitative estimate of drug-likeness (QED) is 0.849. The minimum absolute atomic E-state index is 0.186. The first-order valence-electron chi connectivity index (χ1n) is 8.91. The second-order valence-electron chi connectivity index (χ2n) is 6.75. The van der Waals surface area contributed by atoms with E-state index < -0.39 is 0 Å². The number of benzene rings is 2. The summed E-state index contributed by atoms with van der Waals surface area (Å²) in [5.41, 5.74) is 8.30. The van der Waals surface area contributed by atoms with Gasteiger partial charge in [-0.3, -0.25) is 5.01 Å². The maximum Gasteiger partial charge on any atom is 0.119 e. The lowest BCUT2D eigenvalue weighted by Gasteiger charge is -2.24. The van der Waals surface area contributed by atoms with Gasteiger partial charge in [-0.05, 0) is 66.6 Å². The molecule has 0 radical (unpaired) electrons. The standard InChI is InChI=1S/C21H24N2O2/c1-25-19-10-8-18(9-11-19)23-21(14-20(22-23)16-6-7-16)17-4-2-15(3-5-17)12-13-24/h2-5,8-11,14,16,20,22,24H,6-7,12-13H2,1H3. The van der Waals surface area contributed by atoms with Crippen LogP contribution in [0.25, 0.3) is 5.70 Å². The highest BCUT2D eigenvalue weighted by atomic mass is 16.5. The van der Waals surface area contributed by atoms with E-state index in [9.17, 15) is 0 Å². The van der Waals surface area contributed by atoms with Crippen molar-refractivity contribution in [2.45, 2.75) is 25.3 Å². The highest BCUT2D eigenvalue weighted by Gasteiger charge is 2.36. The van der Waals surface area contributed by atoms with Crippen molar-refractivity contribution in [1.82, 2.24) is 5.43 Å². The van der Waals surface area contributed by atoms with Gasteiger partial charge in [-0.25, -0.2) is 5.43 Å². The highest BCUT2D eigenvalue weighted by Crippen LogP contribution is 2.39. The van der Waals surface area contributed by atoms with E-state index in [-0.39, 0.29) is 6.61 Å². The molecule has 0 amide bonds. The lowest BCUT2D eigenvalue weighted by atomic mass is 10.1. The molecule has 2 aliphatic rings. The van der Waals surface area contributed by atoms with Gasteiger partial charge in [0, 0.05) is 12.6 Å². The number of aliphatic hydroxyl groups is 1. The number of anilines is 1. The Hall–Kier alpha value is -2.30. The predicted molar refractivity (Wildman–Crippen MR) is 100 cm³/mol. The molecule has 0 saturated heterocycles. The fourth-order valence-electron chi connectivity index (χ4n) is 3.34. The summed E-state index contributed by atoms with van der Waals surface area (Å²) in [5.74, 6) is 1.60. The van der Waals surface area contributed by atoms with Gasteiger partial charge in [0.15, 0.2) is 0 Å². The number of hydrogen-bond donors (Lipinski definition) is 2. The number of nitrogens with zero attached hydrogens (tertiary/aromatic N) is 1. The number of methoxy groups -OCH3 is 1. The summed E-state index contributed by atoms with van der Waals surface area (Å²) in [6.45, 7) is 0.186. The first kappa shape index (κ1) is 16.2. The van der Waals surface area contributed by atoms with E-state index in [0.29, 0.717) is 12.5 Å². The molecule has 0 spiro atoms. The van der Waals surface area contributed by atoms with Crippen molar-refractivity contribution >= 4 is 11.4 Å². The maximum absolute atomic E-state index is 9.10. The van der Waals surface area contributed by atoms with E-state index in [1.165, 1.54) is 24.1 Å². The Kier molecular flexibility index (Phi) is 4.47.